The maximum absolute atomic E-state index is 6.09. The van der Waals surface area contributed by atoms with Gasteiger partial charge in [0, 0.05) is 4.47 Å². The molecule has 1 aromatic heterocycles. The molecule has 3 rings (SSSR count). The van der Waals surface area contributed by atoms with Gasteiger partial charge in [0.2, 0.25) is 11.8 Å². The number of hydrogen-bond donors (Lipinski definition) is 1. The Kier molecular flexibility index (Phi) is 4.66. The second kappa shape index (κ2) is 6.88. The number of nitrogen functional groups attached to an aromatic ring is 1. The molecule has 2 N–H and O–H groups in total. The number of hydrogen-bond acceptors (Lipinski definition) is 5. The van der Waals surface area contributed by atoms with Crippen LogP contribution >= 0.6 is 15.9 Å². The largest absolute Gasteiger partial charge is 0.437 e. The number of benzene rings is 2. The van der Waals surface area contributed by atoms with Crippen molar-refractivity contribution in [2.45, 2.75) is 13.8 Å². The summed E-state index contributed by atoms with van der Waals surface area (Å²) in [5.41, 5.74) is 8.66. The van der Waals surface area contributed by atoms with E-state index in [9.17, 15) is 0 Å². The van der Waals surface area contributed by atoms with Gasteiger partial charge in [0.15, 0.2) is 5.69 Å². The van der Waals surface area contributed by atoms with Crippen LogP contribution < -0.4 is 15.2 Å². The van der Waals surface area contributed by atoms with Crippen molar-refractivity contribution in [3.8, 4) is 23.3 Å². The summed E-state index contributed by atoms with van der Waals surface area (Å²) in [6.07, 6.45) is 1.36. The molecule has 0 atom stereocenters. The molecule has 6 heteroatoms. The van der Waals surface area contributed by atoms with Gasteiger partial charge in [0.1, 0.15) is 17.8 Å². The van der Waals surface area contributed by atoms with E-state index in [2.05, 4.69) is 25.9 Å². The minimum Gasteiger partial charge on any atom is -0.437 e. The van der Waals surface area contributed by atoms with Crippen molar-refractivity contribution in [2.24, 2.45) is 0 Å². The van der Waals surface area contributed by atoms with E-state index < -0.39 is 0 Å². The number of aromatic nitrogens is 2. The molecule has 0 aliphatic rings. The summed E-state index contributed by atoms with van der Waals surface area (Å²) >= 11 is 3.38. The van der Waals surface area contributed by atoms with E-state index in [4.69, 9.17) is 15.2 Å². The molecule has 3 aromatic rings. The van der Waals surface area contributed by atoms with Crippen LogP contribution in [-0.2, 0) is 0 Å². The van der Waals surface area contributed by atoms with Crippen LogP contribution in [0.5, 0.6) is 23.3 Å². The predicted octanol–water partition coefficient (Wildman–Crippen LogP) is 5.02. The number of nitrogens with two attached hydrogens (primary N) is 1. The van der Waals surface area contributed by atoms with Crippen LogP contribution in [0.15, 0.2) is 53.3 Å². The minimum absolute atomic E-state index is 0.249. The maximum Gasteiger partial charge on any atom is 0.249 e. The second-order valence-corrected chi connectivity index (χ2v) is 6.22. The molecule has 0 saturated heterocycles. The summed E-state index contributed by atoms with van der Waals surface area (Å²) in [7, 11) is 0. The van der Waals surface area contributed by atoms with Gasteiger partial charge in [-0.15, -0.1) is 0 Å². The summed E-state index contributed by atoms with van der Waals surface area (Å²) < 4.78 is 12.4. The zero-order valence-electron chi connectivity index (χ0n) is 13.3. The molecular formula is C18H16BrN3O2. The molecule has 0 bridgehead atoms. The lowest BCUT2D eigenvalue weighted by Crippen LogP contribution is -2.00. The zero-order valence-corrected chi connectivity index (χ0v) is 14.9. The molecule has 24 heavy (non-hydrogen) atoms. The van der Waals surface area contributed by atoms with Gasteiger partial charge in [0.05, 0.1) is 0 Å². The Balaban J connectivity index is 1.84. The van der Waals surface area contributed by atoms with Crippen molar-refractivity contribution in [3.63, 3.8) is 0 Å². The summed E-state index contributed by atoms with van der Waals surface area (Å²) in [5.74, 6) is 1.81. The highest BCUT2D eigenvalue weighted by Crippen LogP contribution is 2.33. The van der Waals surface area contributed by atoms with E-state index in [0.29, 0.717) is 11.5 Å². The van der Waals surface area contributed by atoms with Gasteiger partial charge in [-0.1, -0.05) is 22.0 Å². The van der Waals surface area contributed by atoms with Gasteiger partial charge < -0.3 is 15.2 Å². The van der Waals surface area contributed by atoms with Crippen molar-refractivity contribution >= 4 is 21.6 Å². The molecule has 0 fully saturated rings. The average Bonchev–Trinajstić information content (AvgIpc) is 2.57. The smallest absolute Gasteiger partial charge is 0.249 e. The molecular weight excluding hydrogens is 370 g/mol. The first-order valence-corrected chi connectivity index (χ1v) is 8.11. The third kappa shape index (κ3) is 3.65. The molecule has 2 aromatic carbocycles. The molecule has 0 aliphatic carbocycles. The van der Waals surface area contributed by atoms with Gasteiger partial charge in [-0.3, -0.25) is 0 Å². The average molecular weight is 386 g/mol. The molecule has 0 radical (unpaired) electrons. The van der Waals surface area contributed by atoms with E-state index in [-0.39, 0.29) is 17.4 Å². The second-order valence-electron chi connectivity index (χ2n) is 5.30. The van der Waals surface area contributed by atoms with E-state index >= 15 is 0 Å². The van der Waals surface area contributed by atoms with Gasteiger partial charge in [0.25, 0.3) is 0 Å². The normalized spacial score (nSPS) is 10.5. The first-order valence-electron chi connectivity index (χ1n) is 7.32. The van der Waals surface area contributed by atoms with Crippen LogP contribution in [0, 0.1) is 13.8 Å². The fourth-order valence-corrected chi connectivity index (χ4v) is 2.29. The fourth-order valence-electron chi connectivity index (χ4n) is 2.03. The van der Waals surface area contributed by atoms with Crippen LogP contribution in [0.25, 0.3) is 0 Å². The van der Waals surface area contributed by atoms with Crippen LogP contribution in [0.4, 0.5) is 5.69 Å². The van der Waals surface area contributed by atoms with Crippen LogP contribution in [0.3, 0.4) is 0 Å². The van der Waals surface area contributed by atoms with E-state index in [1.807, 2.05) is 56.3 Å². The molecule has 5 nitrogen and oxygen atoms in total. The molecule has 1 heterocycles. The Morgan fingerprint density at radius 2 is 1.42 bits per heavy atom. The molecule has 0 unspecified atom stereocenters. The summed E-state index contributed by atoms with van der Waals surface area (Å²) in [4.78, 5) is 8.18. The van der Waals surface area contributed by atoms with E-state index in [1.165, 1.54) is 11.9 Å². The number of aryl methyl sites for hydroxylation is 2. The number of rotatable bonds is 4. The zero-order chi connectivity index (χ0) is 17.1. The van der Waals surface area contributed by atoms with E-state index in [0.717, 1.165) is 10.0 Å². The Bertz CT molecular complexity index is 867. The molecule has 0 aliphatic heterocycles. The van der Waals surface area contributed by atoms with Crippen molar-refractivity contribution < 1.29 is 9.47 Å². The summed E-state index contributed by atoms with van der Waals surface area (Å²) in [6.45, 7) is 4.07. The molecule has 122 valence electrons. The highest BCUT2D eigenvalue weighted by Gasteiger charge is 2.13. The lowest BCUT2D eigenvalue weighted by molar-refractivity contribution is 0.438. The van der Waals surface area contributed by atoms with Crippen molar-refractivity contribution in [2.75, 3.05) is 5.73 Å². The molecule has 0 amide bonds. The third-order valence-corrected chi connectivity index (χ3v) is 4.06. The Morgan fingerprint density at radius 3 is 2.04 bits per heavy atom. The molecule has 0 spiro atoms. The Hall–Kier alpha value is -2.60. The Labute approximate surface area is 148 Å². The van der Waals surface area contributed by atoms with Crippen molar-refractivity contribution in [1.29, 1.82) is 0 Å². The SMILES string of the molecule is Cc1ccc(Oc2ncnc(Oc3ccc(Br)cc3)c2N)cc1C. The number of nitrogens with zero attached hydrogens (tertiary/aromatic N) is 2. The fraction of sp³-hybridized carbons (Fsp3) is 0.111. The van der Waals surface area contributed by atoms with Crippen LogP contribution in [0.2, 0.25) is 0 Å². The minimum atomic E-state index is 0.249. The summed E-state index contributed by atoms with van der Waals surface area (Å²) in [5, 5.41) is 0. The number of ether oxygens (including phenoxy) is 2. The molecule has 0 saturated carbocycles. The van der Waals surface area contributed by atoms with Crippen LogP contribution in [-0.4, -0.2) is 9.97 Å². The van der Waals surface area contributed by atoms with Gasteiger partial charge in [-0.05, 0) is 61.4 Å². The van der Waals surface area contributed by atoms with Crippen molar-refractivity contribution in [3.05, 3.63) is 64.4 Å². The van der Waals surface area contributed by atoms with Gasteiger partial charge in [-0.25, -0.2) is 0 Å². The summed E-state index contributed by atoms with van der Waals surface area (Å²) in [6, 6.07) is 13.2. The van der Waals surface area contributed by atoms with E-state index in [1.54, 1.807) is 0 Å². The monoisotopic (exact) mass is 385 g/mol. The number of anilines is 1. The topological polar surface area (TPSA) is 70.3 Å². The first kappa shape index (κ1) is 16.3. The van der Waals surface area contributed by atoms with Crippen molar-refractivity contribution in [1.82, 2.24) is 9.97 Å². The highest BCUT2D eigenvalue weighted by atomic mass is 79.9. The van der Waals surface area contributed by atoms with Crippen LogP contribution in [0.1, 0.15) is 11.1 Å². The third-order valence-electron chi connectivity index (χ3n) is 3.53. The maximum atomic E-state index is 6.09. The lowest BCUT2D eigenvalue weighted by Gasteiger charge is -2.11. The first-order chi connectivity index (χ1) is 11.5. The van der Waals surface area contributed by atoms with Gasteiger partial charge in [-0.2, -0.15) is 9.97 Å². The van der Waals surface area contributed by atoms with Gasteiger partial charge >= 0.3 is 0 Å². The Morgan fingerprint density at radius 1 is 0.833 bits per heavy atom. The lowest BCUT2D eigenvalue weighted by atomic mass is 10.1. The standard InChI is InChI=1S/C18H16BrN3O2/c1-11-3-6-15(9-12(11)2)24-18-16(20)17(21-10-22-18)23-14-7-4-13(19)5-8-14/h3-10H,20H2,1-2H3. The predicted molar refractivity (Wildman–Crippen MR) is 96.7 cm³/mol. The highest BCUT2D eigenvalue weighted by molar-refractivity contribution is 9.10. The quantitative estimate of drug-likeness (QED) is 0.682. The number of halogens is 1.